The maximum Gasteiger partial charge on any atom is 0.260 e. The number of hydrazine groups is 1. The average Bonchev–Trinajstić information content (AvgIpc) is 3.63. The van der Waals surface area contributed by atoms with Gasteiger partial charge in [0.1, 0.15) is 0 Å². The molecular weight excluding hydrogens is 754 g/mol. The number of methoxy groups -OCH3 is 1. The molecule has 4 amide bonds. The molecule has 1 saturated carbocycles. The standard InChI is InChI=1S/C47H38ClN3O7/c1-26-13-17-31(18-14-26)49-51-44(55)36-25-35-33(40(29-23-37(48)42(53)38(24-29)58-2)47(36,46(51)57)30-11-7-4-8-12-30)21-22-34-39(35)45(56)50(43(34)54)32-19-15-28(16-20-32)41(52)27-9-5-3-6-10-27/h3-21,23-24,34-36,39-40,49,53H,22,25H2,1-2H3. The molecule has 5 aromatic carbocycles. The van der Waals surface area contributed by atoms with E-state index in [0.29, 0.717) is 33.6 Å². The van der Waals surface area contributed by atoms with Gasteiger partial charge < -0.3 is 9.84 Å². The third-order valence-electron chi connectivity index (χ3n) is 12.4. The van der Waals surface area contributed by atoms with E-state index in [1.54, 1.807) is 72.8 Å². The van der Waals surface area contributed by atoms with Crippen molar-refractivity contribution in [2.24, 2.45) is 23.7 Å². The van der Waals surface area contributed by atoms with E-state index in [4.69, 9.17) is 16.3 Å². The summed E-state index contributed by atoms with van der Waals surface area (Å²) in [6.07, 6.45) is 2.27. The van der Waals surface area contributed by atoms with Crippen LogP contribution in [0, 0.1) is 30.6 Å². The summed E-state index contributed by atoms with van der Waals surface area (Å²) in [6.45, 7) is 1.94. The van der Waals surface area contributed by atoms with Crippen LogP contribution >= 0.6 is 11.6 Å². The van der Waals surface area contributed by atoms with Gasteiger partial charge in [-0.3, -0.25) is 34.3 Å². The minimum Gasteiger partial charge on any atom is -0.503 e. The number of aryl methyl sites for hydroxylation is 1. The molecule has 0 aromatic heterocycles. The number of amides is 4. The van der Waals surface area contributed by atoms with Crippen LogP contribution in [0.15, 0.2) is 133 Å². The lowest BCUT2D eigenvalue weighted by molar-refractivity contribution is -0.138. The summed E-state index contributed by atoms with van der Waals surface area (Å²) in [5.41, 5.74) is 6.24. The lowest BCUT2D eigenvalue weighted by Crippen LogP contribution is -2.53. The highest BCUT2D eigenvalue weighted by Crippen LogP contribution is 2.64. The van der Waals surface area contributed by atoms with Crippen LogP contribution in [0.25, 0.3) is 0 Å². The normalized spacial score (nSPS) is 24.9. The van der Waals surface area contributed by atoms with Gasteiger partial charge in [0, 0.05) is 17.0 Å². The molecule has 2 saturated heterocycles. The maximum atomic E-state index is 15.4. The molecule has 290 valence electrons. The lowest BCUT2D eigenvalue weighted by atomic mass is 9.49. The number of phenols is 1. The van der Waals surface area contributed by atoms with Gasteiger partial charge in [-0.05, 0) is 85.3 Å². The zero-order valence-corrected chi connectivity index (χ0v) is 32.4. The van der Waals surface area contributed by atoms with Gasteiger partial charge in [-0.25, -0.2) is 0 Å². The molecular formula is C47H38ClN3O7. The van der Waals surface area contributed by atoms with Gasteiger partial charge in [-0.2, -0.15) is 5.01 Å². The van der Waals surface area contributed by atoms with E-state index in [9.17, 15) is 24.3 Å². The van der Waals surface area contributed by atoms with Crippen molar-refractivity contribution in [1.82, 2.24) is 5.01 Å². The third kappa shape index (κ3) is 5.57. The Hall–Kier alpha value is -6.52. The summed E-state index contributed by atoms with van der Waals surface area (Å²) in [7, 11) is 1.40. The van der Waals surface area contributed by atoms with Crippen molar-refractivity contribution in [2.45, 2.75) is 31.1 Å². The highest BCUT2D eigenvalue weighted by Gasteiger charge is 2.70. The van der Waals surface area contributed by atoms with Crippen molar-refractivity contribution in [3.8, 4) is 11.5 Å². The molecule has 6 atom stereocenters. The number of nitrogens with one attached hydrogen (secondary N) is 1. The number of halogens is 1. The molecule has 9 rings (SSSR count). The van der Waals surface area contributed by atoms with Crippen molar-refractivity contribution in [2.75, 3.05) is 17.4 Å². The molecule has 0 bridgehead atoms. The van der Waals surface area contributed by atoms with Crippen LogP contribution in [-0.4, -0.2) is 46.6 Å². The third-order valence-corrected chi connectivity index (χ3v) is 12.7. The van der Waals surface area contributed by atoms with E-state index in [1.165, 1.54) is 12.0 Å². The minimum absolute atomic E-state index is 0.00980. The van der Waals surface area contributed by atoms with Crippen molar-refractivity contribution < 1.29 is 33.8 Å². The SMILES string of the molecule is COc1cc(C2C3=CCC4C(=O)N(c5ccc(C(=O)c6ccccc6)cc5)C(=O)C4C3CC3C(=O)N(Nc4ccc(C)cc4)C(=O)C32c2ccccc2)cc(Cl)c1O. The number of carbonyl (C=O) groups is 5. The number of ketones is 1. The Morgan fingerprint density at radius 3 is 2.14 bits per heavy atom. The molecule has 6 unspecified atom stereocenters. The number of fused-ring (bicyclic) bond motifs is 4. The largest absolute Gasteiger partial charge is 0.503 e. The molecule has 2 heterocycles. The number of imide groups is 2. The van der Waals surface area contributed by atoms with Crippen LogP contribution in [0.5, 0.6) is 11.5 Å². The summed E-state index contributed by atoms with van der Waals surface area (Å²) in [4.78, 5) is 73.8. The number of allylic oxidation sites excluding steroid dienone is 2. The molecule has 3 fully saturated rings. The molecule has 0 spiro atoms. The van der Waals surface area contributed by atoms with E-state index in [1.807, 2.05) is 61.5 Å². The van der Waals surface area contributed by atoms with Crippen molar-refractivity contribution in [3.63, 3.8) is 0 Å². The fourth-order valence-electron chi connectivity index (χ4n) is 9.81. The molecule has 2 aliphatic heterocycles. The van der Waals surface area contributed by atoms with Gasteiger partial charge in [0.15, 0.2) is 17.3 Å². The minimum atomic E-state index is -1.52. The predicted octanol–water partition coefficient (Wildman–Crippen LogP) is 7.78. The fourth-order valence-corrected chi connectivity index (χ4v) is 10.0. The smallest absolute Gasteiger partial charge is 0.260 e. The number of hydrogen-bond donors (Lipinski definition) is 2. The molecule has 4 aliphatic rings. The molecule has 2 aliphatic carbocycles. The Morgan fingerprint density at radius 2 is 1.47 bits per heavy atom. The van der Waals surface area contributed by atoms with Gasteiger partial charge >= 0.3 is 0 Å². The van der Waals surface area contributed by atoms with Gasteiger partial charge in [-0.1, -0.05) is 102 Å². The number of nitrogens with zero attached hydrogens (tertiary/aromatic N) is 2. The second-order valence-electron chi connectivity index (χ2n) is 15.4. The summed E-state index contributed by atoms with van der Waals surface area (Å²) in [6, 6.07) is 35.0. The Balaban J connectivity index is 1.17. The first-order valence-electron chi connectivity index (χ1n) is 19.2. The van der Waals surface area contributed by atoms with Gasteiger partial charge in [0.25, 0.3) is 11.8 Å². The summed E-state index contributed by atoms with van der Waals surface area (Å²) < 4.78 is 5.56. The highest BCUT2D eigenvalue weighted by molar-refractivity contribution is 6.32. The first kappa shape index (κ1) is 37.1. The number of hydrogen-bond acceptors (Lipinski definition) is 8. The van der Waals surface area contributed by atoms with Crippen molar-refractivity contribution >= 4 is 52.4 Å². The number of carbonyl (C=O) groups excluding carboxylic acids is 5. The molecule has 5 aromatic rings. The highest BCUT2D eigenvalue weighted by atomic mass is 35.5. The summed E-state index contributed by atoms with van der Waals surface area (Å²) in [5, 5.41) is 11.9. The van der Waals surface area contributed by atoms with Crippen molar-refractivity contribution in [3.05, 3.63) is 166 Å². The average molecular weight is 792 g/mol. The van der Waals surface area contributed by atoms with Crippen LogP contribution in [0.4, 0.5) is 11.4 Å². The maximum absolute atomic E-state index is 15.4. The summed E-state index contributed by atoms with van der Waals surface area (Å²) in [5.74, 6) is -6.14. The van der Waals surface area contributed by atoms with Crippen LogP contribution in [0.2, 0.25) is 5.02 Å². The number of anilines is 2. The molecule has 0 radical (unpaired) electrons. The van der Waals surface area contributed by atoms with E-state index in [0.717, 1.165) is 16.1 Å². The Kier molecular flexibility index (Phi) is 9.04. The van der Waals surface area contributed by atoms with Gasteiger partial charge in [0.05, 0.1) is 46.7 Å². The molecule has 10 nitrogen and oxygen atoms in total. The zero-order chi connectivity index (χ0) is 40.5. The van der Waals surface area contributed by atoms with E-state index in [2.05, 4.69) is 5.43 Å². The molecule has 11 heteroatoms. The van der Waals surface area contributed by atoms with Crippen LogP contribution in [0.1, 0.15) is 51.4 Å². The van der Waals surface area contributed by atoms with E-state index < -0.39 is 52.7 Å². The van der Waals surface area contributed by atoms with Crippen LogP contribution in [0.3, 0.4) is 0 Å². The van der Waals surface area contributed by atoms with Crippen molar-refractivity contribution in [1.29, 1.82) is 0 Å². The van der Waals surface area contributed by atoms with E-state index in [-0.39, 0.29) is 41.1 Å². The van der Waals surface area contributed by atoms with Crippen LogP contribution < -0.4 is 15.1 Å². The number of ether oxygens (including phenoxy) is 1. The molecule has 58 heavy (non-hydrogen) atoms. The number of aromatic hydroxyl groups is 1. The Bertz CT molecular complexity index is 2540. The lowest BCUT2D eigenvalue weighted by Gasteiger charge is -2.50. The number of benzene rings is 5. The quantitative estimate of drug-likeness (QED) is 0.0925. The van der Waals surface area contributed by atoms with Crippen LogP contribution in [-0.2, 0) is 24.6 Å². The zero-order valence-electron chi connectivity index (χ0n) is 31.6. The number of rotatable bonds is 8. The second-order valence-corrected chi connectivity index (χ2v) is 15.8. The fraction of sp³-hybridized carbons (Fsp3) is 0.213. The van der Waals surface area contributed by atoms with Gasteiger partial charge in [0.2, 0.25) is 11.8 Å². The monoisotopic (exact) mass is 791 g/mol. The first-order chi connectivity index (χ1) is 28.0. The Labute approximate surface area is 339 Å². The van der Waals surface area contributed by atoms with Gasteiger partial charge in [-0.15, -0.1) is 0 Å². The topological polar surface area (TPSA) is 133 Å². The second kappa shape index (κ2) is 14.1. The number of phenolic OH excluding ortho intramolecular Hbond substituents is 1. The molecule has 2 N–H and O–H groups in total. The summed E-state index contributed by atoms with van der Waals surface area (Å²) >= 11 is 6.67. The van der Waals surface area contributed by atoms with E-state index >= 15 is 4.79 Å². The first-order valence-corrected chi connectivity index (χ1v) is 19.5. The predicted molar refractivity (Wildman–Crippen MR) is 217 cm³/mol. The Morgan fingerprint density at radius 1 is 0.810 bits per heavy atom.